The summed E-state index contributed by atoms with van der Waals surface area (Å²) in [7, 11) is 0. The van der Waals surface area contributed by atoms with E-state index in [0.29, 0.717) is 44.9 Å². The minimum atomic E-state index is -0.875. The summed E-state index contributed by atoms with van der Waals surface area (Å²) < 4.78 is 74.9. The minimum absolute atomic E-state index is 0.0341. The first-order valence-electron chi connectivity index (χ1n) is 18.7. The van der Waals surface area contributed by atoms with E-state index in [4.69, 9.17) is 19.5 Å². The van der Waals surface area contributed by atoms with Crippen molar-refractivity contribution in [1.29, 1.82) is 0 Å². The Balaban J connectivity index is 0.000000189. The molecule has 312 valence electrons. The molecule has 3 N–H and O–H groups in total. The van der Waals surface area contributed by atoms with Crippen LogP contribution in [0.1, 0.15) is 43.7 Å². The number of benzene rings is 4. The van der Waals surface area contributed by atoms with E-state index < -0.39 is 40.4 Å². The van der Waals surface area contributed by atoms with Gasteiger partial charge in [0.25, 0.3) is 0 Å². The van der Waals surface area contributed by atoms with Gasteiger partial charge in [0.2, 0.25) is 0 Å². The summed E-state index contributed by atoms with van der Waals surface area (Å²) in [6, 6.07) is 18.8. The van der Waals surface area contributed by atoms with Crippen LogP contribution in [-0.2, 0) is 4.74 Å². The number of aryl methyl sites for hydroxylation is 4. The summed E-state index contributed by atoms with van der Waals surface area (Å²) in [6.45, 7) is 12.2. The van der Waals surface area contributed by atoms with Gasteiger partial charge in [-0.2, -0.15) is 0 Å². The molecule has 4 aromatic carbocycles. The van der Waals surface area contributed by atoms with Gasteiger partial charge in [-0.25, -0.2) is 22.4 Å². The molecule has 0 aliphatic heterocycles. The Kier molecular flexibility index (Phi) is 10.9. The third-order valence-corrected chi connectivity index (χ3v) is 9.63. The summed E-state index contributed by atoms with van der Waals surface area (Å²) in [6.07, 6.45) is -0.829. The van der Waals surface area contributed by atoms with Crippen molar-refractivity contribution in [2.24, 2.45) is 0 Å². The number of fused-ring (bicyclic) bond motifs is 2. The Hall–Kier alpha value is -7.49. The molecule has 16 heteroatoms. The van der Waals surface area contributed by atoms with Gasteiger partial charge in [-0.05, 0) is 108 Å². The van der Waals surface area contributed by atoms with Crippen LogP contribution in [-0.4, -0.2) is 31.1 Å². The first-order valence-corrected chi connectivity index (χ1v) is 18.7. The standard InChI is InChI=1S/C25H23F2N3O4.C20H15F2N3O2/c1-13-23(14(2)34-29-13)15-6-8-17-20(10-15)30(19-9-7-16(26)11-18(19)27)22(12-21(17)31)28-24(32)33-25(3,4)5;1-10-20(11(2)27-24-10)12-3-5-14-17(7-12)25(19(23)9-18(14)26)16-6-4-13(21)8-15(16)22/h6-12H,1-5H3,(H,28,32);3-9H,23H2,1-2H3. The van der Waals surface area contributed by atoms with Crippen molar-refractivity contribution >= 4 is 39.5 Å². The van der Waals surface area contributed by atoms with Crippen molar-refractivity contribution in [3.8, 4) is 33.6 Å². The molecule has 8 rings (SSSR count). The fraction of sp³-hybridized carbons (Fsp3) is 0.178. The summed E-state index contributed by atoms with van der Waals surface area (Å²) in [5.74, 6) is -1.91. The maximum atomic E-state index is 14.9. The van der Waals surface area contributed by atoms with Crippen LogP contribution in [0.3, 0.4) is 0 Å². The maximum Gasteiger partial charge on any atom is 0.413 e. The van der Waals surface area contributed by atoms with Crippen molar-refractivity contribution in [3.05, 3.63) is 152 Å². The third kappa shape index (κ3) is 8.24. The summed E-state index contributed by atoms with van der Waals surface area (Å²) >= 11 is 0. The van der Waals surface area contributed by atoms with Gasteiger partial charge in [-0.15, -0.1) is 0 Å². The second kappa shape index (κ2) is 15.9. The number of nitrogens with two attached hydrogens (primary N) is 1. The van der Waals surface area contributed by atoms with E-state index in [-0.39, 0.29) is 33.8 Å². The van der Waals surface area contributed by atoms with E-state index in [1.54, 1.807) is 77.9 Å². The fourth-order valence-electron chi connectivity index (χ4n) is 7.12. The number of nitrogens with zero attached hydrogens (tertiary/aromatic N) is 4. The molecule has 4 heterocycles. The molecule has 8 aromatic rings. The number of amides is 1. The lowest BCUT2D eigenvalue weighted by molar-refractivity contribution is 0.0635. The quantitative estimate of drug-likeness (QED) is 0.161. The molecule has 0 atom stereocenters. The Morgan fingerprint density at radius 2 is 1.11 bits per heavy atom. The highest BCUT2D eigenvalue weighted by molar-refractivity contribution is 5.92. The van der Waals surface area contributed by atoms with Crippen LogP contribution in [0.5, 0.6) is 0 Å². The lowest BCUT2D eigenvalue weighted by atomic mass is 10.0. The topological polar surface area (TPSA) is 160 Å². The SMILES string of the molecule is Cc1noc(C)c1-c1ccc2c(=O)cc(N)n(-c3ccc(F)cc3F)c2c1.Cc1noc(C)c1-c1ccc2c(=O)cc(NC(=O)OC(C)(C)C)n(-c3ccc(F)cc3F)c2c1. The molecule has 0 fully saturated rings. The predicted octanol–water partition coefficient (Wildman–Crippen LogP) is 10.0. The average Bonchev–Trinajstić information content (AvgIpc) is 3.70. The molecular formula is C45H38F4N6O6. The van der Waals surface area contributed by atoms with Crippen LogP contribution >= 0.6 is 0 Å². The first-order chi connectivity index (χ1) is 28.8. The lowest BCUT2D eigenvalue weighted by Gasteiger charge is -2.22. The van der Waals surface area contributed by atoms with Gasteiger partial charge in [-0.3, -0.25) is 24.0 Å². The average molecular weight is 835 g/mol. The summed E-state index contributed by atoms with van der Waals surface area (Å²) in [5.41, 5.74) is 9.50. The van der Waals surface area contributed by atoms with Gasteiger partial charge in [0.05, 0.1) is 33.8 Å². The molecule has 0 saturated heterocycles. The number of pyridine rings is 2. The molecule has 0 spiro atoms. The third-order valence-electron chi connectivity index (χ3n) is 9.63. The molecule has 0 radical (unpaired) electrons. The van der Waals surface area contributed by atoms with Crippen LogP contribution in [0.25, 0.3) is 55.4 Å². The van der Waals surface area contributed by atoms with Crippen LogP contribution < -0.4 is 21.9 Å². The number of rotatable bonds is 5. The van der Waals surface area contributed by atoms with E-state index in [1.165, 1.54) is 33.4 Å². The number of carbonyl (C=O) groups is 1. The van der Waals surface area contributed by atoms with Crippen LogP contribution in [0, 0.1) is 51.0 Å². The monoisotopic (exact) mass is 834 g/mol. The number of aromatic nitrogens is 4. The maximum absolute atomic E-state index is 14.9. The van der Waals surface area contributed by atoms with E-state index in [0.717, 1.165) is 41.0 Å². The normalized spacial score (nSPS) is 11.5. The van der Waals surface area contributed by atoms with Gasteiger partial charge in [0.1, 0.15) is 52.0 Å². The molecule has 0 saturated carbocycles. The van der Waals surface area contributed by atoms with Crippen molar-refractivity contribution in [2.45, 2.75) is 54.1 Å². The molecule has 1 amide bonds. The molecular weight excluding hydrogens is 797 g/mol. The van der Waals surface area contributed by atoms with Crippen molar-refractivity contribution in [2.75, 3.05) is 11.1 Å². The zero-order chi connectivity index (χ0) is 44.1. The number of anilines is 2. The van der Waals surface area contributed by atoms with Crippen LogP contribution in [0.2, 0.25) is 0 Å². The van der Waals surface area contributed by atoms with E-state index in [1.807, 2.05) is 6.92 Å². The largest absolute Gasteiger partial charge is 0.444 e. The highest BCUT2D eigenvalue weighted by atomic mass is 19.1. The summed E-state index contributed by atoms with van der Waals surface area (Å²) in [4.78, 5) is 37.8. The first kappa shape index (κ1) is 41.7. The Bertz CT molecular complexity index is 3120. The van der Waals surface area contributed by atoms with Crippen LogP contribution in [0.15, 0.2) is 104 Å². The number of halogens is 4. The summed E-state index contributed by atoms with van der Waals surface area (Å²) in [5, 5.41) is 11.1. The van der Waals surface area contributed by atoms with Crippen LogP contribution in [0.4, 0.5) is 34.0 Å². The number of nitrogens with one attached hydrogen (secondary N) is 1. The van der Waals surface area contributed by atoms with Gasteiger partial charge in [0.15, 0.2) is 10.9 Å². The van der Waals surface area contributed by atoms with Gasteiger partial charge in [0, 0.05) is 46.2 Å². The minimum Gasteiger partial charge on any atom is -0.444 e. The predicted molar refractivity (Wildman–Crippen MR) is 223 cm³/mol. The molecule has 4 aromatic heterocycles. The number of hydrogen-bond donors (Lipinski definition) is 2. The van der Waals surface area contributed by atoms with Gasteiger partial charge < -0.3 is 19.5 Å². The van der Waals surface area contributed by atoms with Crippen molar-refractivity contribution < 1.29 is 36.1 Å². The van der Waals surface area contributed by atoms with E-state index in [2.05, 4.69) is 15.6 Å². The molecule has 12 nitrogen and oxygen atoms in total. The number of nitrogen functional groups attached to an aromatic ring is 1. The smallest absolute Gasteiger partial charge is 0.413 e. The molecule has 0 bridgehead atoms. The Morgan fingerprint density at radius 1 is 0.656 bits per heavy atom. The van der Waals surface area contributed by atoms with E-state index >= 15 is 0 Å². The zero-order valence-corrected chi connectivity index (χ0v) is 33.9. The Morgan fingerprint density at radius 3 is 1.56 bits per heavy atom. The molecule has 0 unspecified atom stereocenters. The van der Waals surface area contributed by atoms with E-state index in [9.17, 15) is 31.9 Å². The van der Waals surface area contributed by atoms with Gasteiger partial charge >= 0.3 is 6.09 Å². The second-order valence-corrected chi connectivity index (χ2v) is 15.2. The zero-order valence-electron chi connectivity index (χ0n) is 33.9. The van der Waals surface area contributed by atoms with Gasteiger partial charge in [-0.1, -0.05) is 22.4 Å². The molecule has 0 aliphatic rings. The molecule has 0 aliphatic carbocycles. The highest BCUT2D eigenvalue weighted by Gasteiger charge is 2.22. The van der Waals surface area contributed by atoms with Crippen molar-refractivity contribution in [3.63, 3.8) is 0 Å². The lowest BCUT2D eigenvalue weighted by Crippen LogP contribution is -2.29. The number of hydrogen-bond acceptors (Lipinski definition) is 9. The second-order valence-electron chi connectivity index (χ2n) is 15.2. The number of carbonyl (C=O) groups excluding carboxylic acids is 1. The molecule has 61 heavy (non-hydrogen) atoms. The fourth-order valence-corrected chi connectivity index (χ4v) is 7.12. The number of ether oxygens (including phenoxy) is 1. The Labute approximate surface area is 344 Å². The highest BCUT2D eigenvalue weighted by Crippen LogP contribution is 2.34. The van der Waals surface area contributed by atoms with Crippen molar-refractivity contribution in [1.82, 2.24) is 19.4 Å².